The van der Waals surface area contributed by atoms with Gasteiger partial charge in [0.05, 0.1) is 7.11 Å². The minimum Gasteiger partial charge on any atom is -0.496 e. The zero-order valence-corrected chi connectivity index (χ0v) is 14.4. The van der Waals surface area contributed by atoms with Crippen molar-refractivity contribution in [3.8, 4) is 5.75 Å². The Hall–Kier alpha value is -1.02. The first kappa shape index (κ1) is 16.4. The molecule has 2 heteroatoms. The predicted octanol–water partition coefficient (Wildman–Crippen LogP) is 4.45. The van der Waals surface area contributed by atoms with Crippen molar-refractivity contribution in [2.75, 3.05) is 20.2 Å². The highest BCUT2D eigenvalue weighted by atomic mass is 16.5. The number of rotatable bonds is 7. The summed E-state index contributed by atoms with van der Waals surface area (Å²) < 4.78 is 5.67. The second-order valence-corrected chi connectivity index (χ2v) is 6.83. The maximum Gasteiger partial charge on any atom is 0.122 e. The van der Waals surface area contributed by atoms with E-state index in [1.54, 1.807) is 7.11 Å². The molecule has 1 N–H and O–H groups in total. The van der Waals surface area contributed by atoms with Crippen molar-refractivity contribution in [3.63, 3.8) is 0 Å². The third-order valence-corrected chi connectivity index (χ3v) is 5.57. The quantitative estimate of drug-likeness (QED) is 0.800. The molecule has 1 saturated carbocycles. The highest BCUT2D eigenvalue weighted by Crippen LogP contribution is 2.60. The van der Waals surface area contributed by atoms with Gasteiger partial charge in [-0.25, -0.2) is 0 Å². The molecule has 2 nitrogen and oxygen atoms in total. The van der Waals surface area contributed by atoms with Crippen LogP contribution in [0.2, 0.25) is 0 Å². The van der Waals surface area contributed by atoms with Crippen LogP contribution in [0.4, 0.5) is 0 Å². The van der Waals surface area contributed by atoms with Crippen molar-refractivity contribution in [3.05, 3.63) is 29.3 Å². The fourth-order valence-corrected chi connectivity index (χ4v) is 4.15. The van der Waals surface area contributed by atoms with Crippen LogP contribution < -0.4 is 10.1 Å². The second kappa shape index (κ2) is 6.39. The molecular weight excluding hydrogens is 258 g/mol. The Bertz CT molecular complexity index is 468. The Morgan fingerprint density at radius 1 is 1.14 bits per heavy atom. The van der Waals surface area contributed by atoms with E-state index in [0.29, 0.717) is 5.41 Å². The Balaban J connectivity index is 2.36. The maximum atomic E-state index is 5.67. The molecule has 0 heterocycles. The van der Waals surface area contributed by atoms with Gasteiger partial charge in [-0.2, -0.15) is 0 Å². The lowest BCUT2D eigenvalue weighted by atomic mass is 9.48. The molecule has 0 radical (unpaired) electrons. The second-order valence-electron chi connectivity index (χ2n) is 6.83. The molecule has 0 aromatic heterocycles. The van der Waals surface area contributed by atoms with E-state index in [2.05, 4.69) is 51.2 Å². The summed E-state index contributed by atoms with van der Waals surface area (Å²) in [5, 5.41) is 3.59. The highest BCUT2D eigenvalue weighted by Gasteiger charge is 2.53. The molecule has 0 amide bonds. The largest absolute Gasteiger partial charge is 0.496 e. The van der Waals surface area contributed by atoms with Crippen molar-refractivity contribution in [2.24, 2.45) is 5.41 Å². The number of hydrogen-bond donors (Lipinski definition) is 1. The zero-order chi connectivity index (χ0) is 15.5. The first-order valence-corrected chi connectivity index (χ1v) is 8.40. The van der Waals surface area contributed by atoms with E-state index in [0.717, 1.165) is 18.8 Å². The van der Waals surface area contributed by atoms with Gasteiger partial charge in [-0.05, 0) is 37.8 Å². The standard InChI is InChI=1S/C19H31NO/c1-6-18(7-2)12-19(13-18,14-20-8-3)16-11-15(4)9-10-17(16)21-5/h9-11,20H,6-8,12-14H2,1-5H3. The number of aryl methyl sites for hydroxylation is 1. The van der Waals surface area contributed by atoms with Crippen molar-refractivity contribution < 1.29 is 4.74 Å². The van der Waals surface area contributed by atoms with Gasteiger partial charge < -0.3 is 10.1 Å². The molecule has 0 spiro atoms. The van der Waals surface area contributed by atoms with Crippen molar-refractivity contribution >= 4 is 0 Å². The van der Waals surface area contributed by atoms with Crippen LogP contribution in [-0.2, 0) is 5.41 Å². The Kier molecular flexibility index (Phi) is 4.98. The zero-order valence-electron chi connectivity index (χ0n) is 14.4. The average Bonchev–Trinajstić information content (AvgIpc) is 2.47. The number of nitrogens with one attached hydrogen (secondary N) is 1. The van der Waals surface area contributed by atoms with Crippen LogP contribution in [0.5, 0.6) is 5.75 Å². The molecule has 0 aliphatic heterocycles. The molecule has 1 fully saturated rings. The van der Waals surface area contributed by atoms with E-state index in [1.807, 2.05) is 0 Å². The molecule has 0 saturated heterocycles. The van der Waals surface area contributed by atoms with Gasteiger partial charge in [0.2, 0.25) is 0 Å². The molecule has 1 aliphatic carbocycles. The summed E-state index contributed by atoms with van der Waals surface area (Å²) in [5.41, 5.74) is 3.51. The molecule has 0 unspecified atom stereocenters. The van der Waals surface area contributed by atoms with Crippen LogP contribution >= 0.6 is 0 Å². The van der Waals surface area contributed by atoms with Gasteiger partial charge in [0.1, 0.15) is 5.75 Å². The summed E-state index contributed by atoms with van der Waals surface area (Å²) >= 11 is 0. The molecule has 118 valence electrons. The van der Waals surface area contributed by atoms with Crippen LogP contribution in [0.15, 0.2) is 18.2 Å². The molecule has 1 aliphatic rings. The minimum atomic E-state index is 0.249. The summed E-state index contributed by atoms with van der Waals surface area (Å²) in [6, 6.07) is 6.62. The van der Waals surface area contributed by atoms with Crippen LogP contribution in [0, 0.1) is 12.3 Å². The summed E-state index contributed by atoms with van der Waals surface area (Å²) in [5.74, 6) is 1.05. The molecular formula is C19H31NO. The summed E-state index contributed by atoms with van der Waals surface area (Å²) in [4.78, 5) is 0. The van der Waals surface area contributed by atoms with E-state index in [4.69, 9.17) is 4.74 Å². The fourth-order valence-electron chi connectivity index (χ4n) is 4.15. The van der Waals surface area contributed by atoms with Crippen molar-refractivity contribution in [1.82, 2.24) is 5.32 Å². The lowest BCUT2D eigenvalue weighted by molar-refractivity contribution is 0.0118. The Morgan fingerprint density at radius 3 is 2.33 bits per heavy atom. The van der Waals surface area contributed by atoms with E-state index in [1.165, 1.54) is 36.8 Å². The lowest BCUT2D eigenvalue weighted by Gasteiger charge is -2.57. The average molecular weight is 289 g/mol. The lowest BCUT2D eigenvalue weighted by Crippen LogP contribution is -2.54. The van der Waals surface area contributed by atoms with Gasteiger partial charge in [0.15, 0.2) is 0 Å². The van der Waals surface area contributed by atoms with Gasteiger partial charge >= 0.3 is 0 Å². The van der Waals surface area contributed by atoms with Gasteiger partial charge in [-0.1, -0.05) is 51.3 Å². The number of hydrogen-bond acceptors (Lipinski definition) is 2. The van der Waals surface area contributed by atoms with Gasteiger partial charge in [-0.3, -0.25) is 0 Å². The third kappa shape index (κ3) is 2.96. The third-order valence-electron chi connectivity index (χ3n) is 5.57. The molecule has 1 aromatic rings. The number of benzene rings is 1. The molecule has 2 rings (SSSR count). The molecule has 1 aromatic carbocycles. The van der Waals surface area contributed by atoms with E-state index < -0.39 is 0 Å². The maximum absolute atomic E-state index is 5.67. The van der Waals surface area contributed by atoms with Gasteiger partial charge in [-0.15, -0.1) is 0 Å². The van der Waals surface area contributed by atoms with Crippen LogP contribution in [0.3, 0.4) is 0 Å². The monoisotopic (exact) mass is 289 g/mol. The highest BCUT2D eigenvalue weighted by molar-refractivity contribution is 5.45. The minimum absolute atomic E-state index is 0.249. The van der Waals surface area contributed by atoms with Crippen LogP contribution in [0.25, 0.3) is 0 Å². The fraction of sp³-hybridized carbons (Fsp3) is 0.684. The summed E-state index contributed by atoms with van der Waals surface area (Å²) in [6.45, 7) is 11.1. The first-order valence-electron chi connectivity index (χ1n) is 8.40. The topological polar surface area (TPSA) is 21.3 Å². The molecule has 0 bridgehead atoms. The Labute approximate surface area is 130 Å². The SMILES string of the molecule is CCNCC1(c2cc(C)ccc2OC)CC(CC)(CC)C1. The Morgan fingerprint density at radius 2 is 1.81 bits per heavy atom. The summed E-state index contributed by atoms with van der Waals surface area (Å²) in [7, 11) is 1.79. The van der Waals surface area contributed by atoms with E-state index >= 15 is 0 Å². The number of ether oxygens (including phenoxy) is 1. The van der Waals surface area contributed by atoms with Crippen LogP contribution in [0.1, 0.15) is 57.6 Å². The summed E-state index contributed by atoms with van der Waals surface area (Å²) in [6.07, 6.45) is 5.12. The molecule has 0 atom stereocenters. The van der Waals surface area contributed by atoms with Gasteiger partial charge in [0, 0.05) is 17.5 Å². The first-order chi connectivity index (χ1) is 10.0. The van der Waals surface area contributed by atoms with Crippen LogP contribution in [-0.4, -0.2) is 20.2 Å². The van der Waals surface area contributed by atoms with Crippen molar-refractivity contribution in [2.45, 2.75) is 58.8 Å². The molecule has 21 heavy (non-hydrogen) atoms. The number of likely N-dealkylation sites (N-methyl/N-ethyl adjacent to an activating group) is 1. The predicted molar refractivity (Wildman–Crippen MR) is 90.2 cm³/mol. The van der Waals surface area contributed by atoms with Crippen molar-refractivity contribution in [1.29, 1.82) is 0 Å². The smallest absolute Gasteiger partial charge is 0.122 e. The van der Waals surface area contributed by atoms with E-state index in [-0.39, 0.29) is 5.41 Å². The van der Waals surface area contributed by atoms with Gasteiger partial charge in [0.25, 0.3) is 0 Å². The normalized spacial score (nSPS) is 19.1. The number of methoxy groups -OCH3 is 1. The van der Waals surface area contributed by atoms with E-state index in [9.17, 15) is 0 Å².